The van der Waals surface area contributed by atoms with Gasteiger partial charge in [0.05, 0.1) is 23.4 Å². The van der Waals surface area contributed by atoms with Gasteiger partial charge in [-0.3, -0.25) is 24.6 Å². The van der Waals surface area contributed by atoms with E-state index in [2.05, 4.69) is 0 Å². The third kappa shape index (κ3) is 5.44. The van der Waals surface area contributed by atoms with E-state index in [4.69, 9.17) is 9.84 Å². The fourth-order valence-corrected chi connectivity index (χ4v) is 4.69. The SMILES string of the molecule is COc1ccc(CCN2C(=O)C(C#N)=C(C)/C(=C\c3cn(-c4ccccc4)nc3-c3ccc([N+](=O)[O-])cc3)C2=O)cc1. The van der Waals surface area contributed by atoms with Gasteiger partial charge < -0.3 is 4.74 Å². The molecule has 0 fully saturated rings. The van der Waals surface area contributed by atoms with Crippen LogP contribution in [0.5, 0.6) is 5.75 Å². The lowest BCUT2D eigenvalue weighted by Gasteiger charge is -2.27. The van der Waals surface area contributed by atoms with E-state index in [0.29, 0.717) is 29.0 Å². The monoisotopic (exact) mass is 559 g/mol. The molecule has 10 nitrogen and oxygen atoms in total. The maximum absolute atomic E-state index is 13.7. The van der Waals surface area contributed by atoms with Crippen LogP contribution in [-0.4, -0.2) is 45.1 Å². The van der Waals surface area contributed by atoms with Crippen LogP contribution in [0.2, 0.25) is 0 Å². The number of hydrogen-bond acceptors (Lipinski definition) is 7. The van der Waals surface area contributed by atoms with Gasteiger partial charge in [0, 0.05) is 41.6 Å². The summed E-state index contributed by atoms with van der Waals surface area (Å²) in [6.45, 7) is 1.66. The van der Waals surface area contributed by atoms with Crippen molar-refractivity contribution in [1.82, 2.24) is 14.7 Å². The number of para-hydroxylation sites is 1. The fraction of sp³-hybridized carbons (Fsp3) is 0.125. The van der Waals surface area contributed by atoms with Crippen molar-refractivity contribution in [1.29, 1.82) is 5.26 Å². The minimum atomic E-state index is -0.638. The zero-order valence-corrected chi connectivity index (χ0v) is 22.9. The van der Waals surface area contributed by atoms with Crippen LogP contribution in [-0.2, 0) is 16.0 Å². The van der Waals surface area contributed by atoms with Gasteiger partial charge in [-0.15, -0.1) is 0 Å². The number of non-ortho nitro benzene ring substituents is 1. The van der Waals surface area contributed by atoms with Gasteiger partial charge in [-0.2, -0.15) is 10.4 Å². The van der Waals surface area contributed by atoms with E-state index >= 15 is 0 Å². The highest BCUT2D eigenvalue weighted by atomic mass is 16.6. The Morgan fingerprint density at radius 1 is 1.00 bits per heavy atom. The number of hydrogen-bond donors (Lipinski definition) is 0. The molecule has 10 heteroatoms. The number of nitro benzene ring substituents is 1. The summed E-state index contributed by atoms with van der Waals surface area (Å²) in [5.41, 5.74) is 3.57. The lowest BCUT2D eigenvalue weighted by atomic mass is 9.93. The molecule has 0 saturated carbocycles. The molecule has 3 aromatic carbocycles. The first-order chi connectivity index (χ1) is 20.3. The average Bonchev–Trinajstić information content (AvgIpc) is 3.44. The Hall–Kier alpha value is -5.82. The minimum absolute atomic E-state index is 0.0629. The van der Waals surface area contributed by atoms with E-state index in [0.717, 1.165) is 16.2 Å². The van der Waals surface area contributed by atoms with Crippen molar-refractivity contribution < 1.29 is 19.2 Å². The van der Waals surface area contributed by atoms with Crippen molar-refractivity contribution >= 4 is 23.6 Å². The second-order valence-corrected chi connectivity index (χ2v) is 9.55. The molecule has 0 spiro atoms. The van der Waals surface area contributed by atoms with Gasteiger partial charge in [0.15, 0.2) is 0 Å². The largest absolute Gasteiger partial charge is 0.497 e. The van der Waals surface area contributed by atoms with E-state index < -0.39 is 16.7 Å². The van der Waals surface area contributed by atoms with Gasteiger partial charge >= 0.3 is 0 Å². The van der Waals surface area contributed by atoms with Gasteiger partial charge in [0.2, 0.25) is 0 Å². The van der Waals surface area contributed by atoms with Gasteiger partial charge in [-0.25, -0.2) is 4.68 Å². The quantitative estimate of drug-likeness (QED) is 0.124. The first kappa shape index (κ1) is 27.7. The van der Waals surface area contributed by atoms with Crippen LogP contribution in [0.1, 0.15) is 18.1 Å². The van der Waals surface area contributed by atoms with E-state index in [9.17, 15) is 25.0 Å². The Morgan fingerprint density at radius 2 is 1.69 bits per heavy atom. The van der Waals surface area contributed by atoms with Crippen molar-refractivity contribution in [2.75, 3.05) is 13.7 Å². The summed E-state index contributed by atoms with van der Waals surface area (Å²) in [5, 5.41) is 25.8. The average molecular weight is 560 g/mol. The number of benzene rings is 3. The predicted octanol–water partition coefficient (Wildman–Crippen LogP) is 5.29. The molecule has 1 aliphatic heterocycles. The molecule has 0 aliphatic carbocycles. The van der Waals surface area contributed by atoms with Crippen LogP contribution in [0.25, 0.3) is 23.0 Å². The highest BCUT2D eigenvalue weighted by Crippen LogP contribution is 2.32. The van der Waals surface area contributed by atoms with Crippen molar-refractivity contribution in [2.45, 2.75) is 13.3 Å². The molecule has 4 aromatic rings. The van der Waals surface area contributed by atoms with E-state index in [1.54, 1.807) is 55.3 Å². The molecule has 0 saturated heterocycles. The Labute approximate surface area is 241 Å². The van der Waals surface area contributed by atoms with Crippen molar-refractivity contribution in [3.05, 3.63) is 123 Å². The van der Waals surface area contributed by atoms with Crippen LogP contribution in [0.3, 0.4) is 0 Å². The predicted molar refractivity (Wildman–Crippen MR) is 155 cm³/mol. The number of nitriles is 1. The first-order valence-electron chi connectivity index (χ1n) is 13.0. The number of carbonyl (C=O) groups excluding carboxylic acids is 2. The Morgan fingerprint density at radius 3 is 2.31 bits per heavy atom. The second-order valence-electron chi connectivity index (χ2n) is 9.55. The molecule has 42 heavy (non-hydrogen) atoms. The van der Waals surface area contributed by atoms with E-state index in [1.165, 1.54) is 12.1 Å². The third-order valence-electron chi connectivity index (χ3n) is 7.02. The molecule has 1 aromatic heterocycles. The van der Waals surface area contributed by atoms with Crippen molar-refractivity contribution in [2.24, 2.45) is 0 Å². The number of carbonyl (C=O) groups is 2. The zero-order valence-electron chi connectivity index (χ0n) is 22.9. The van der Waals surface area contributed by atoms with Gasteiger partial charge in [0.1, 0.15) is 17.4 Å². The highest BCUT2D eigenvalue weighted by molar-refractivity contribution is 6.19. The molecule has 0 unspecified atom stereocenters. The number of aromatic nitrogens is 2. The maximum atomic E-state index is 13.7. The van der Waals surface area contributed by atoms with Crippen molar-refractivity contribution in [3.8, 4) is 28.8 Å². The molecular formula is C32H25N5O5. The maximum Gasteiger partial charge on any atom is 0.271 e. The van der Waals surface area contributed by atoms with Crippen LogP contribution in [0.15, 0.2) is 102 Å². The van der Waals surface area contributed by atoms with Crippen LogP contribution < -0.4 is 4.74 Å². The molecule has 2 heterocycles. The molecule has 1 aliphatic rings. The van der Waals surface area contributed by atoms with E-state index in [1.807, 2.05) is 48.5 Å². The summed E-state index contributed by atoms with van der Waals surface area (Å²) in [7, 11) is 1.57. The molecule has 5 rings (SSSR count). The topological polar surface area (TPSA) is 131 Å². The van der Waals surface area contributed by atoms with Gasteiger partial charge in [-0.05, 0) is 67.0 Å². The third-order valence-corrected chi connectivity index (χ3v) is 7.02. The molecule has 0 radical (unpaired) electrons. The summed E-state index contributed by atoms with van der Waals surface area (Å²) in [4.78, 5) is 38.7. The van der Waals surface area contributed by atoms with Gasteiger partial charge in [0.25, 0.3) is 17.5 Å². The highest BCUT2D eigenvalue weighted by Gasteiger charge is 2.35. The minimum Gasteiger partial charge on any atom is -0.497 e. The smallest absolute Gasteiger partial charge is 0.271 e. The number of methoxy groups -OCH3 is 1. The number of nitro groups is 1. The standard InChI is InChI=1S/C32H25N5O5/c1-21-28(31(38)35(32(39)29(21)19-33)17-16-22-8-14-27(42-2)15-9-22)18-24-20-36(25-6-4-3-5-7-25)34-30(24)23-10-12-26(13-11-23)37(40)41/h3-15,18,20H,16-17H2,1-2H3/b28-18+. The first-order valence-corrected chi connectivity index (χ1v) is 13.0. The lowest BCUT2D eigenvalue weighted by Crippen LogP contribution is -2.43. The molecular weight excluding hydrogens is 534 g/mol. The summed E-state index contributed by atoms with van der Waals surface area (Å²) < 4.78 is 6.84. The summed E-state index contributed by atoms with van der Waals surface area (Å²) in [6, 6.07) is 24.6. The van der Waals surface area contributed by atoms with Crippen LogP contribution >= 0.6 is 0 Å². The molecule has 0 bridgehead atoms. The normalized spacial score (nSPS) is 14.3. The number of amides is 2. The van der Waals surface area contributed by atoms with Crippen LogP contribution in [0, 0.1) is 21.4 Å². The number of ether oxygens (including phenoxy) is 1. The zero-order chi connectivity index (χ0) is 29.8. The number of imide groups is 1. The molecule has 2 amide bonds. The number of nitrogens with zero attached hydrogens (tertiary/aromatic N) is 5. The fourth-order valence-electron chi connectivity index (χ4n) is 4.69. The lowest BCUT2D eigenvalue weighted by molar-refractivity contribution is -0.384. The van der Waals surface area contributed by atoms with Crippen molar-refractivity contribution in [3.63, 3.8) is 0 Å². The second kappa shape index (κ2) is 11.7. The van der Waals surface area contributed by atoms with Gasteiger partial charge in [-0.1, -0.05) is 30.3 Å². The van der Waals surface area contributed by atoms with Crippen LogP contribution in [0.4, 0.5) is 5.69 Å². The molecule has 208 valence electrons. The Kier molecular flexibility index (Phi) is 7.75. The Bertz CT molecular complexity index is 1780. The Balaban J connectivity index is 1.57. The summed E-state index contributed by atoms with van der Waals surface area (Å²) in [5.74, 6) is -0.465. The number of rotatable bonds is 8. The van der Waals surface area contributed by atoms with E-state index in [-0.39, 0.29) is 29.0 Å². The molecule has 0 N–H and O–H groups in total. The summed E-state index contributed by atoms with van der Waals surface area (Å²) >= 11 is 0. The summed E-state index contributed by atoms with van der Waals surface area (Å²) in [6.07, 6.45) is 3.75. The molecule has 0 atom stereocenters.